The van der Waals surface area contributed by atoms with Gasteiger partial charge < -0.3 is 5.73 Å². The van der Waals surface area contributed by atoms with E-state index in [0.717, 1.165) is 0 Å². The maximum Gasteiger partial charge on any atom is 0.323 e. The monoisotopic (exact) mass is 246 g/mol. The zero-order valence-electron chi connectivity index (χ0n) is 9.01. The summed E-state index contributed by atoms with van der Waals surface area (Å²) in [5, 5.41) is 0.482. The fourth-order valence-electron chi connectivity index (χ4n) is 1.60. The molecule has 0 radical (unpaired) electrons. The van der Waals surface area contributed by atoms with E-state index in [1.807, 2.05) is 18.2 Å². The van der Waals surface area contributed by atoms with Gasteiger partial charge in [0.1, 0.15) is 0 Å². The minimum absolute atomic E-state index is 0.482. The Kier molecular flexibility index (Phi) is 3.30. The topological polar surface area (TPSA) is 46.3 Å². The van der Waals surface area contributed by atoms with Gasteiger partial charge in [-0.2, -0.15) is 0 Å². The van der Waals surface area contributed by atoms with Crippen molar-refractivity contribution in [2.45, 2.75) is 0 Å². The molecule has 0 fully saturated rings. The van der Waals surface area contributed by atoms with E-state index in [2.05, 4.69) is 0 Å². The molecule has 0 saturated carbocycles. The first-order chi connectivity index (χ1) is 8.20. The summed E-state index contributed by atoms with van der Waals surface area (Å²) in [4.78, 5) is 12.9. The molecule has 17 heavy (non-hydrogen) atoms. The number of primary amides is 1. The average Bonchev–Trinajstić information content (AvgIpc) is 2.33. The van der Waals surface area contributed by atoms with Crippen LogP contribution in [0.5, 0.6) is 0 Å². The smallest absolute Gasteiger partial charge is 0.323 e. The van der Waals surface area contributed by atoms with Gasteiger partial charge in [-0.3, -0.25) is 4.90 Å². The second-order valence-electron chi connectivity index (χ2n) is 3.46. The van der Waals surface area contributed by atoms with Gasteiger partial charge in [0.25, 0.3) is 0 Å². The molecular formula is C13H11ClN2O. The number of anilines is 2. The predicted molar refractivity (Wildman–Crippen MR) is 69.6 cm³/mol. The number of hydrogen-bond donors (Lipinski definition) is 1. The third-order valence-corrected chi connectivity index (χ3v) is 2.65. The van der Waals surface area contributed by atoms with Gasteiger partial charge in [-0.05, 0) is 24.3 Å². The third-order valence-electron chi connectivity index (χ3n) is 2.33. The summed E-state index contributed by atoms with van der Waals surface area (Å²) in [5.74, 6) is 0. The maximum absolute atomic E-state index is 11.5. The summed E-state index contributed by atoms with van der Waals surface area (Å²) in [6, 6.07) is 15.7. The number of carbonyl (C=O) groups excluding carboxylic acids is 1. The van der Waals surface area contributed by atoms with Crippen LogP contribution in [0.25, 0.3) is 0 Å². The first-order valence-corrected chi connectivity index (χ1v) is 5.47. The number of nitrogens with zero attached hydrogens (tertiary/aromatic N) is 1. The second-order valence-corrected chi connectivity index (χ2v) is 3.87. The standard InChI is InChI=1S/C13H11ClN2O/c14-11-8-4-5-9-12(11)16(13(15)17)10-6-2-1-3-7-10/h1-9H,(H2,15,17). The molecule has 2 aromatic carbocycles. The lowest BCUT2D eigenvalue weighted by molar-refractivity contribution is 0.256. The molecular weight excluding hydrogens is 236 g/mol. The summed E-state index contributed by atoms with van der Waals surface area (Å²) in [6.07, 6.45) is 0. The van der Waals surface area contributed by atoms with Crippen LogP contribution in [-0.2, 0) is 0 Å². The fraction of sp³-hybridized carbons (Fsp3) is 0. The predicted octanol–water partition coefficient (Wildman–Crippen LogP) is 3.56. The maximum atomic E-state index is 11.5. The van der Waals surface area contributed by atoms with Crippen molar-refractivity contribution >= 4 is 29.0 Å². The molecule has 0 saturated heterocycles. The second kappa shape index (κ2) is 4.89. The number of benzene rings is 2. The Balaban J connectivity index is 2.51. The SMILES string of the molecule is NC(=O)N(c1ccccc1)c1ccccc1Cl. The van der Waals surface area contributed by atoms with Gasteiger partial charge in [-0.1, -0.05) is 41.9 Å². The van der Waals surface area contributed by atoms with E-state index < -0.39 is 6.03 Å². The molecule has 2 amide bonds. The van der Waals surface area contributed by atoms with E-state index in [1.54, 1.807) is 36.4 Å². The number of amides is 2. The quantitative estimate of drug-likeness (QED) is 0.865. The van der Waals surface area contributed by atoms with Crippen molar-refractivity contribution in [3.63, 3.8) is 0 Å². The van der Waals surface area contributed by atoms with Crippen LogP contribution in [0.4, 0.5) is 16.2 Å². The van der Waals surface area contributed by atoms with Crippen molar-refractivity contribution in [2.75, 3.05) is 4.90 Å². The summed E-state index contributed by atoms with van der Waals surface area (Å²) in [5.41, 5.74) is 6.66. The van der Waals surface area contributed by atoms with Crippen molar-refractivity contribution < 1.29 is 4.79 Å². The number of para-hydroxylation sites is 2. The van der Waals surface area contributed by atoms with Crippen molar-refractivity contribution in [2.24, 2.45) is 5.73 Å². The van der Waals surface area contributed by atoms with E-state index in [-0.39, 0.29) is 0 Å². The first-order valence-electron chi connectivity index (χ1n) is 5.09. The molecule has 86 valence electrons. The minimum Gasteiger partial charge on any atom is -0.351 e. The zero-order valence-corrected chi connectivity index (χ0v) is 9.76. The molecule has 2 N–H and O–H groups in total. The van der Waals surface area contributed by atoms with Crippen molar-refractivity contribution in [1.82, 2.24) is 0 Å². The Morgan fingerprint density at radius 2 is 1.59 bits per heavy atom. The molecule has 0 atom stereocenters. The Hall–Kier alpha value is -2.00. The van der Waals surface area contributed by atoms with Gasteiger partial charge in [0.05, 0.1) is 16.4 Å². The molecule has 2 rings (SSSR count). The van der Waals surface area contributed by atoms with E-state index in [4.69, 9.17) is 17.3 Å². The highest BCUT2D eigenvalue weighted by molar-refractivity contribution is 6.34. The molecule has 0 aliphatic rings. The number of urea groups is 1. The number of carbonyl (C=O) groups is 1. The van der Waals surface area contributed by atoms with Crippen molar-refractivity contribution in [3.8, 4) is 0 Å². The van der Waals surface area contributed by atoms with Crippen LogP contribution in [0.1, 0.15) is 0 Å². The minimum atomic E-state index is -0.565. The summed E-state index contributed by atoms with van der Waals surface area (Å²) < 4.78 is 0. The summed E-state index contributed by atoms with van der Waals surface area (Å²) in [6.45, 7) is 0. The van der Waals surface area contributed by atoms with Gasteiger partial charge >= 0.3 is 6.03 Å². The molecule has 0 spiro atoms. The van der Waals surface area contributed by atoms with E-state index in [0.29, 0.717) is 16.4 Å². The van der Waals surface area contributed by atoms with Crippen LogP contribution in [0.3, 0.4) is 0 Å². The molecule has 0 aliphatic carbocycles. The molecule has 0 unspecified atom stereocenters. The average molecular weight is 247 g/mol. The van der Waals surface area contributed by atoms with E-state index in [1.165, 1.54) is 4.90 Å². The molecule has 0 aromatic heterocycles. The van der Waals surface area contributed by atoms with E-state index in [9.17, 15) is 4.79 Å². The van der Waals surface area contributed by atoms with Crippen LogP contribution in [-0.4, -0.2) is 6.03 Å². The Morgan fingerprint density at radius 3 is 2.18 bits per heavy atom. The highest BCUT2D eigenvalue weighted by Crippen LogP contribution is 2.31. The lowest BCUT2D eigenvalue weighted by Crippen LogP contribution is -2.31. The largest absolute Gasteiger partial charge is 0.351 e. The van der Waals surface area contributed by atoms with Crippen molar-refractivity contribution in [1.29, 1.82) is 0 Å². The molecule has 3 nitrogen and oxygen atoms in total. The highest BCUT2D eigenvalue weighted by atomic mass is 35.5. The first kappa shape index (κ1) is 11.5. The summed E-state index contributed by atoms with van der Waals surface area (Å²) >= 11 is 6.06. The van der Waals surface area contributed by atoms with Crippen molar-refractivity contribution in [3.05, 3.63) is 59.6 Å². The van der Waals surface area contributed by atoms with Crippen LogP contribution in [0.15, 0.2) is 54.6 Å². The Labute approximate surface area is 104 Å². The van der Waals surface area contributed by atoms with Crippen LogP contribution < -0.4 is 10.6 Å². The number of nitrogens with two attached hydrogens (primary N) is 1. The van der Waals surface area contributed by atoms with Crippen LogP contribution >= 0.6 is 11.6 Å². The van der Waals surface area contributed by atoms with Gasteiger partial charge in [0.15, 0.2) is 0 Å². The number of rotatable bonds is 2. The Morgan fingerprint density at radius 1 is 1.00 bits per heavy atom. The highest BCUT2D eigenvalue weighted by Gasteiger charge is 2.16. The van der Waals surface area contributed by atoms with Crippen LogP contribution in [0.2, 0.25) is 5.02 Å². The third kappa shape index (κ3) is 2.40. The molecule has 2 aromatic rings. The molecule has 4 heteroatoms. The molecule has 0 heterocycles. The fourth-order valence-corrected chi connectivity index (χ4v) is 1.82. The number of halogens is 1. The number of hydrogen-bond acceptors (Lipinski definition) is 1. The summed E-state index contributed by atoms with van der Waals surface area (Å²) in [7, 11) is 0. The molecule has 0 aliphatic heterocycles. The van der Waals surface area contributed by atoms with E-state index >= 15 is 0 Å². The van der Waals surface area contributed by atoms with Gasteiger partial charge in [-0.25, -0.2) is 4.79 Å². The Bertz CT molecular complexity index is 528. The lowest BCUT2D eigenvalue weighted by atomic mass is 10.2. The normalized spacial score (nSPS) is 9.94. The van der Waals surface area contributed by atoms with Crippen LogP contribution in [0, 0.1) is 0 Å². The molecule has 0 bridgehead atoms. The lowest BCUT2D eigenvalue weighted by Gasteiger charge is -2.21. The van der Waals surface area contributed by atoms with Gasteiger partial charge in [0, 0.05) is 0 Å². The van der Waals surface area contributed by atoms with Gasteiger partial charge in [0.2, 0.25) is 0 Å². The van der Waals surface area contributed by atoms with Gasteiger partial charge in [-0.15, -0.1) is 0 Å². The zero-order chi connectivity index (χ0) is 12.3.